The van der Waals surface area contributed by atoms with Gasteiger partial charge in [0.2, 0.25) is 0 Å². The first kappa shape index (κ1) is 25.4. The van der Waals surface area contributed by atoms with E-state index < -0.39 is 17.8 Å². The number of nitrogens with one attached hydrogen (secondary N) is 1. The third-order valence-corrected chi connectivity index (χ3v) is 6.64. The van der Waals surface area contributed by atoms with Gasteiger partial charge in [0.25, 0.3) is 5.91 Å². The Labute approximate surface area is 210 Å². The van der Waals surface area contributed by atoms with E-state index >= 15 is 0 Å². The van der Waals surface area contributed by atoms with Crippen molar-refractivity contribution in [3.8, 4) is 0 Å². The minimum atomic E-state index is -0.762. The fraction of sp³-hybridized carbons (Fsp3) is 0.370. The molecular formula is C27H31FN4O4. The molecule has 2 heterocycles. The summed E-state index contributed by atoms with van der Waals surface area (Å²) in [6.07, 6.45) is 0. The Morgan fingerprint density at radius 3 is 2.42 bits per heavy atom. The van der Waals surface area contributed by atoms with Crippen LogP contribution in [-0.4, -0.2) is 78.5 Å². The number of esters is 1. The number of ether oxygens (including phenoxy) is 1. The minimum Gasteiger partial charge on any atom is -0.463 e. The average molecular weight is 495 g/mol. The fourth-order valence-electron chi connectivity index (χ4n) is 4.74. The van der Waals surface area contributed by atoms with Crippen molar-refractivity contribution >= 4 is 17.9 Å². The van der Waals surface area contributed by atoms with E-state index in [-0.39, 0.29) is 24.6 Å². The Bertz CT molecular complexity index is 1150. The second kappa shape index (κ2) is 10.9. The predicted octanol–water partition coefficient (Wildman–Crippen LogP) is 3.19. The quantitative estimate of drug-likeness (QED) is 0.624. The zero-order chi connectivity index (χ0) is 25.8. The first-order chi connectivity index (χ1) is 17.3. The summed E-state index contributed by atoms with van der Waals surface area (Å²) in [6, 6.07) is 13.7. The lowest BCUT2D eigenvalue weighted by Crippen LogP contribution is -2.56. The topological polar surface area (TPSA) is 82.2 Å². The number of carbonyl (C=O) groups excluding carboxylic acids is 3. The molecule has 2 aromatic carbocycles. The van der Waals surface area contributed by atoms with Crippen molar-refractivity contribution in [1.82, 2.24) is 20.0 Å². The molecule has 0 bridgehead atoms. The number of benzene rings is 2. The molecule has 36 heavy (non-hydrogen) atoms. The summed E-state index contributed by atoms with van der Waals surface area (Å²) in [7, 11) is 1.61. The molecule has 2 aliphatic heterocycles. The van der Waals surface area contributed by atoms with Gasteiger partial charge in [0, 0.05) is 50.5 Å². The van der Waals surface area contributed by atoms with Crippen LogP contribution in [0.4, 0.5) is 9.18 Å². The maximum absolute atomic E-state index is 13.6. The molecule has 0 aliphatic carbocycles. The molecule has 190 valence electrons. The van der Waals surface area contributed by atoms with Gasteiger partial charge in [-0.15, -0.1) is 0 Å². The number of likely N-dealkylation sites (N-methyl/N-ethyl adjacent to an activating group) is 1. The van der Waals surface area contributed by atoms with E-state index in [9.17, 15) is 18.8 Å². The second-order valence-corrected chi connectivity index (χ2v) is 9.02. The van der Waals surface area contributed by atoms with E-state index in [1.54, 1.807) is 26.1 Å². The molecule has 8 nitrogen and oxygen atoms in total. The number of nitrogens with zero attached hydrogens (tertiary/aromatic N) is 3. The standard InChI is InChI=1S/C27H31FN4O4/c1-4-36-26(34)23-22(30(3)27(35)29-24(23)19-10-12-21(28)13-11-19)17-31-14-15-32(18(2)16-31)25(33)20-8-6-5-7-9-20/h5-13,18,24H,4,14-17H2,1-3H3,(H,29,35)/t18-,24+/m1/s1. The van der Waals surface area contributed by atoms with Gasteiger partial charge in [0.15, 0.2) is 0 Å². The Hall–Kier alpha value is -3.72. The maximum atomic E-state index is 13.6. The normalized spacial score (nSPS) is 20.8. The van der Waals surface area contributed by atoms with Crippen LogP contribution in [0.5, 0.6) is 0 Å². The molecule has 3 amide bonds. The first-order valence-electron chi connectivity index (χ1n) is 12.1. The van der Waals surface area contributed by atoms with Gasteiger partial charge in [-0.3, -0.25) is 14.6 Å². The highest BCUT2D eigenvalue weighted by Crippen LogP contribution is 2.32. The van der Waals surface area contributed by atoms with Gasteiger partial charge in [-0.2, -0.15) is 0 Å². The molecule has 1 saturated heterocycles. The average Bonchev–Trinajstić information content (AvgIpc) is 2.87. The Kier molecular flexibility index (Phi) is 7.69. The molecular weight excluding hydrogens is 463 g/mol. The number of halogens is 1. The summed E-state index contributed by atoms with van der Waals surface area (Å²) in [5, 5.41) is 2.84. The summed E-state index contributed by atoms with van der Waals surface area (Å²) >= 11 is 0. The molecule has 4 rings (SSSR count). The number of piperazine rings is 1. The summed E-state index contributed by atoms with van der Waals surface area (Å²) < 4.78 is 18.9. The van der Waals surface area contributed by atoms with Crippen molar-refractivity contribution < 1.29 is 23.5 Å². The van der Waals surface area contributed by atoms with Gasteiger partial charge in [0.1, 0.15) is 5.82 Å². The number of rotatable bonds is 6. The van der Waals surface area contributed by atoms with Crippen molar-refractivity contribution in [2.75, 3.05) is 39.8 Å². The van der Waals surface area contributed by atoms with E-state index in [1.807, 2.05) is 42.2 Å². The number of amides is 3. The van der Waals surface area contributed by atoms with Crippen molar-refractivity contribution in [1.29, 1.82) is 0 Å². The predicted molar refractivity (Wildman–Crippen MR) is 132 cm³/mol. The highest BCUT2D eigenvalue weighted by atomic mass is 19.1. The third-order valence-electron chi connectivity index (χ3n) is 6.64. The van der Waals surface area contributed by atoms with Crippen LogP contribution in [0.2, 0.25) is 0 Å². The van der Waals surface area contributed by atoms with E-state index in [0.29, 0.717) is 48.6 Å². The van der Waals surface area contributed by atoms with Crippen LogP contribution in [0.1, 0.15) is 35.8 Å². The molecule has 2 atom stereocenters. The van der Waals surface area contributed by atoms with Crippen LogP contribution in [0.3, 0.4) is 0 Å². The summed E-state index contributed by atoms with van der Waals surface area (Å²) in [6.45, 7) is 5.91. The van der Waals surface area contributed by atoms with Gasteiger partial charge in [-0.1, -0.05) is 30.3 Å². The third kappa shape index (κ3) is 5.26. The number of hydrogen-bond donors (Lipinski definition) is 1. The van der Waals surface area contributed by atoms with Crippen LogP contribution in [0, 0.1) is 5.82 Å². The maximum Gasteiger partial charge on any atom is 0.338 e. The molecule has 9 heteroatoms. The summed E-state index contributed by atoms with van der Waals surface area (Å²) in [5.41, 5.74) is 2.09. The van der Waals surface area contributed by atoms with Gasteiger partial charge >= 0.3 is 12.0 Å². The number of hydrogen-bond acceptors (Lipinski definition) is 5. The van der Waals surface area contributed by atoms with Crippen molar-refractivity contribution in [3.05, 3.63) is 82.8 Å². The zero-order valence-corrected chi connectivity index (χ0v) is 20.7. The van der Waals surface area contributed by atoms with Gasteiger partial charge in [0.05, 0.1) is 18.2 Å². The van der Waals surface area contributed by atoms with E-state index in [0.717, 1.165) is 0 Å². The molecule has 0 saturated carbocycles. The Balaban J connectivity index is 1.60. The largest absolute Gasteiger partial charge is 0.463 e. The van der Waals surface area contributed by atoms with Gasteiger partial charge < -0.3 is 15.0 Å². The molecule has 0 spiro atoms. The Morgan fingerprint density at radius 1 is 1.08 bits per heavy atom. The number of carbonyl (C=O) groups is 3. The van der Waals surface area contributed by atoms with Crippen LogP contribution >= 0.6 is 0 Å². The summed E-state index contributed by atoms with van der Waals surface area (Å²) in [4.78, 5) is 44.4. The lowest BCUT2D eigenvalue weighted by Gasteiger charge is -2.42. The lowest BCUT2D eigenvalue weighted by molar-refractivity contribution is -0.139. The molecule has 1 fully saturated rings. The molecule has 0 radical (unpaired) electrons. The summed E-state index contributed by atoms with van der Waals surface area (Å²) in [5.74, 6) is -0.948. The van der Waals surface area contributed by atoms with Crippen molar-refractivity contribution in [2.45, 2.75) is 25.9 Å². The molecule has 2 aliphatic rings. The Morgan fingerprint density at radius 2 is 1.78 bits per heavy atom. The molecule has 0 aromatic heterocycles. The van der Waals surface area contributed by atoms with Gasteiger partial charge in [-0.05, 0) is 43.7 Å². The van der Waals surface area contributed by atoms with Crippen LogP contribution < -0.4 is 5.32 Å². The van der Waals surface area contributed by atoms with Crippen molar-refractivity contribution in [2.24, 2.45) is 0 Å². The monoisotopic (exact) mass is 494 g/mol. The smallest absolute Gasteiger partial charge is 0.338 e. The lowest BCUT2D eigenvalue weighted by atomic mass is 9.94. The van der Waals surface area contributed by atoms with Crippen LogP contribution in [0.25, 0.3) is 0 Å². The van der Waals surface area contributed by atoms with E-state index in [4.69, 9.17) is 4.74 Å². The van der Waals surface area contributed by atoms with Gasteiger partial charge in [-0.25, -0.2) is 14.0 Å². The molecule has 2 aromatic rings. The SMILES string of the molecule is CCOC(=O)C1=C(CN2CCN(C(=O)c3ccccc3)[C@H](C)C2)N(C)C(=O)N[C@H]1c1ccc(F)cc1. The molecule has 0 unspecified atom stereocenters. The minimum absolute atomic E-state index is 0.0142. The van der Waals surface area contributed by atoms with Crippen LogP contribution in [0.15, 0.2) is 65.9 Å². The first-order valence-corrected chi connectivity index (χ1v) is 12.1. The molecule has 1 N–H and O–H groups in total. The van der Waals surface area contributed by atoms with Crippen molar-refractivity contribution in [3.63, 3.8) is 0 Å². The fourth-order valence-corrected chi connectivity index (χ4v) is 4.74. The highest BCUT2D eigenvalue weighted by Gasteiger charge is 2.38. The van der Waals surface area contributed by atoms with E-state index in [1.165, 1.54) is 17.0 Å². The van der Waals surface area contributed by atoms with E-state index in [2.05, 4.69) is 10.2 Å². The number of urea groups is 1. The van der Waals surface area contributed by atoms with Crippen LogP contribution in [-0.2, 0) is 9.53 Å². The second-order valence-electron chi connectivity index (χ2n) is 9.02. The highest BCUT2D eigenvalue weighted by molar-refractivity contribution is 5.95. The zero-order valence-electron chi connectivity index (χ0n) is 20.7.